The number of aliphatic hydroxyl groups is 1. The van der Waals surface area contributed by atoms with E-state index in [1.807, 2.05) is 31.3 Å². The van der Waals surface area contributed by atoms with Crippen molar-refractivity contribution in [1.82, 2.24) is 4.90 Å². The molecule has 4 heteroatoms. The molecular weight excluding hydrogens is 300 g/mol. The van der Waals surface area contributed by atoms with Crippen molar-refractivity contribution < 1.29 is 9.84 Å². The number of rotatable bonds is 8. The molecule has 0 spiro atoms. The number of nitriles is 1. The molecule has 0 saturated heterocycles. The van der Waals surface area contributed by atoms with Gasteiger partial charge in [0.15, 0.2) is 0 Å². The second-order valence-electron chi connectivity index (χ2n) is 5.96. The molecule has 24 heavy (non-hydrogen) atoms. The van der Waals surface area contributed by atoms with Gasteiger partial charge in [0.2, 0.25) is 0 Å². The lowest BCUT2D eigenvalue weighted by Gasteiger charge is -2.20. The molecule has 126 valence electrons. The topological polar surface area (TPSA) is 56.5 Å². The van der Waals surface area contributed by atoms with Gasteiger partial charge in [0.1, 0.15) is 5.75 Å². The Labute approximate surface area is 143 Å². The first-order chi connectivity index (χ1) is 11.6. The van der Waals surface area contributed by atoms with E-state index in [0.29, 0.717) is 12.1 Å². The highest BCUT2D eigenvalue weighted by atomic mass is 16.5. The lowest BCUT2D eigenvalue weighted by Crippen LogP contribution is -2.26. The summed E-state index contributed by atoms with van der Waals surface area (Å²) < 4.78 is 5.16. The third-order valence-electron chi connectivity index (χ3n) is 4.07. The van der Waals surface area contributed by atoms with E-state index in [1.54, 1.807) is 19.2 Å². The summed E-state index contributed by atoms with van der Waals surface area (Å²) in [6, 6.07) is 17.3. The second-order valence-corrected chi connectivity index (χ2v) is 5.96. The summed E-state index contributed by atoms with van der Waals surface area (Å²) in [6.07, 6.45) is 1.49. The number of aryl methyl sites for hydroxylation is 1. The minimum absolute atomic E-state index is 0.538. The number of hydrogen-bond donors (Lipinski definition) is 1. The van der Waals surface area contributed by atoms with Crippen molar-refractivity contribution in [1.29, 1.82) is 5.26 Å². The molecule has 0 fully saturated rings. The van der Waals surface area contributed by atoms with Gasteiger partial charge in [-0.1, -0.05) is 24.3 Å². The van der Waals surface area contributed by atoms with Crippen LogP contribution in [0, 0.1) is 11.3 Å². The molecule has 1 atom stereocenters. The standard InChI is InChI=1S/C20H24N2O2/c1-22(13-3-4-16-7-11-19(24-2)12-8-16)15-20(23)18-9-5-17(14-21)6-10-18/h5-12,20,23H,3-4,13,15H2,1-2H3. The highest BCUT2D eigenvalue weighted by Gasteiger charge is 2.10. The van der Waals surface area contributed by atoms with E-state index in [-0.39, 0.29) is 0 Å². The van der Waals surface area contributed by atoms with E-state index in [2.05, 4.69) is 23.1 Å². The van der Waals surface area contributed by atoms with Crippen molar-refractivity contribution >= 4 is 0 Å². The Morgan fingerprint density at radius 3 is 2.38 bits per heavy atom. The van der Waals surface area contributed by atoms with Crippen molar-refractivity contribution in [3.63, 3.8) is 0 Å². The number of hydrogen-bond acceptors (Lipinski definition) is 4. The number of benzene rings is 2. The Kier molecular flexibility index (Phi) is 6.80. The fourth-order valence-electron chi connectivity index (χ4n) is 2.62. The van der Waals surface area contributed by atoms with Crippen LogP contribution in [0.3, 0.4) is 0 Å². The molecule has 2 aromatic rings. The van der Waals surface area contributed by atoms with Gasteiger partial charge in [0.05, 0.1) is 24.8 Å². The molecule has 2 aromatic carbocycles. The Morgan fingerprint density at radius 1 is 1.12 bits per heavy atom. The fourth-order valence-corrected chi connectivity index (χ4v) is 2.62. The van der Waals surface area contributed by atoms with E-state index >= 15 is 0 Å². The largest absolute Gasteiger partial charge is 0.497 e. The van der Waals surface area contributed by atoms with Crippen molar-refractivity contribution in [2.75, 3.05) is 27.2 Å². The van der Waals surface area contributed by atoms with E-state index in [0.717, 1.165) is 30.7 Å². The minimum atomic E-state index is -0.538. The predicted molar refractivity (Wildman–Crippen MR) is 94.9 cm³/mol. The number of nitrogens with zero attached hydrogens (tertiary/aromatic N) is 2. The maximum atomic E-state index is 10.3. The van der Waals surface area contributed by atoms with Crippen LogP contribution in [0.5, 0.6) is 5.75 Å². The summed E-state index contributed by atoms with van der Waals surface area (Å²) in [4.78, 5) is 2.13. The molecule has 1 N–H and O–H groups in total. The number of methoxy groups -OCH3 is 1. The monoisotopic (exact) mass is 324 g/mol. The number of likely N-dealkylation sites (N-methyl/N-ethyl adjacent to an activating group) is 1. The molecular formula is C20H24N2O2. The van der Waals surface area contributed by atoms with Crippen LogP contribution < -0.4 is 4.74 Å². The lowest BCUT2D eigenvalue weighted by molar-refractivity contribution is 0.126. The minimum Gasteiger partial charge on any atom is -0.497 e. The Morgan fingerprint density at radius 2 is 1.79 bits per heavy atom. The number of ether oxygens (including phenoxy) is 1. The smallest absolute Gasteiger partial charge is 0.118 e. The van der Waals surface area contributed by atoms with Gasteiger partial charge in [0.25, 0.3) is 0 Å². The third kappa shape index (κ3) is 5.38. The zero-order valence-electron chi connectivity index (χ0n) is 14.3. The van der Waals surface area contributed by atoms with Crippen LogP contribution in [0.4, 0.5) is 0 Å². The van der Waals surface area contributed by atoms with Crippen LogP contribution in [-0.2, 0) is 6.42 Å². The Balaban J connectivity index is 1.75. The molecule has 0 aliphatic heterocycles. The Hall–Kier alpha value is -2.35. The van der Waals surface area contributed by atoms with E-state index < -0.39 is 6.10 Å². The molecule has 2 rings (SSSR count). The third-order valence-corrected chi connectivity index (χ3v) is 4.07. The summed E-state index contributed by atoms with van der Waals surface area (Å²) in [5.41, 5.74) is 2.74. The first-order valence-corrected chi connectivity index (χ1v) is 8.12. The molecule has 0 amide bonds. The SMILES string of the molecule is COc1ccc(CCCN(C)CC(O)c2ccc(C#N)cc2)cc1. The van der Waals surface area contributed by atoms with Crippen LogP contribution in [-0.4, -0.2) is 37.3 Å². The normalized spacial score (nSPS) is 12.0. The van der Waals surface area contributed by atoms with Crippen LogP contribution in [0.1, 0.15) is 29.2 Å². The van der Waals surface area contributed by atoms with Crippen molar-refractivity contribution in [3.05, 3.63) is 65.2 Å². The molecule has 0 bridgehead atoms. The maximum Gasteiger partial charge on any atom is 0.118 e. The highest BCUT2D eigenvalue weighted by Crippen LogP contribution is 2.16. The summed E-state index contributed by atoms with van der Waals surface area (Å²) in [5.74, 6) is 0.876. The van der Waals surface area contributed by atoms with Crippen LogP contribution in [0.25, 0.3) is 0 Å². The van der Waals surface area contributed by atoms with Gasteiger partial charge in [-0.15, -0.1) is 0 Å². The first kappa shape index (κ1) is 18.0. The highest BCUT2D eigenvalue weighted by molar-refractivity contribution is 5.32. The summed E-state index contributed by atoms with van der Waals surface area (Å²) in [5, 5.41) is 19.1. The van der Waals surface area contributed by atoms with Gasteiger partial charge in [-0.3, -0.25) is 0 Å². The second kappa shape index (κ2) is 9.07. The fraction of sp³-hybridized carbons (Fsp3) is 0.350. The van der Waals surface area contributed by atoms with Gasteiger partial charge < -0.3 is 14.7 Å². The molecule has 0 aliphatic rings. The Bertz CT molecular complexity index is 660. The maximum absolute atomic E-state index is 10.3. The van der Waals surface area contributed by atoms with Crippen molar-refractivity contribution in [2.24, 2.45) is 0 Å². The molecule has 0 aliphatic carbocycles. The van der Waals surface area contributed by atoms with Crippen LogP contribution in [0.15, 0.2) is 48.5 Å². The lowest BCUT2D eigenvalue weighted by atomic mass is 10.1. The predicted octanol–water partition coefficient (Wildman–Crippen LogP) is 3.16. The number of aliphatic hydroxyl groups excluding tert-OH is 1. The summed E-state index contributed by atoms with van der Waals surface area (Å²) >= 11 is 0. The van der Waals surface area contributed by atoms with Gasteiger partial charge in [-0.25, -0.2) is 0 Å². The first-order valence-electron chi connectivity index (χ1n) is 8.12. The van der Waals surface area contributed by atoms with E-state index in [1.165, 1.54) is 5.56 Å². The average Bonchev–Trinajstić information content (AvgIpc) is 2.62. The van der Waals surface area contributed by atoms with Crippen LogP contribution >= 0.6 is 0 Å². The zero-order valence-corrected chi connectivity index (χ0v) is 14.3. The van der Waals surface area contributed by atoms with Gasteiger partial charge in [0, 0.05) is 6.54 Å². The van der Waals surface area contributed by atoms with Crippen LogP contribution in [0.2, 0.25) is 0 Å². The molecule has 1 unspecified atom stereocenters. The molecule has 0 radical (unpaired) electrons. The van der Waals surface area contributed by atoms with Gasteiger partial charge >= 0.3 is 0 Å². The molecule has 0 heterocycles. The molecule has 0 aromatic heterocycles. The zero-order chi connectivity index (χ0) is 17.4. The van der Waals surface area contributed by atoms with Crippen molar-refractivity contribution in [3.8, 4) is 11.8 Å². The van der Waals surface area contributed by atoms with Crippen molar-refractivity contribution in [2.45, 2.75) is 18.9 Å². The molecule has 4 nitrogen and oxygen atoms in total. The van der Waals surface area contributed by atoms with Gasteiger partial charge in [-0.2, -0.15) is 5.26 Å². The molecule has 0 saturated carbocycles. The average molecular weight is 324 g/mol. The van der Waals surface area contributed by atoms with Gasteiger partial charge in [-0.05, 0) is 61.8 Å². The van der Waals surface area contributed by atoms with E-state index in [9.17, 15) is 5.11 Å². The quantitative estimate of drug-likeness (QED) is 0.810. The summed E-state index contributed by atoms with van der Waals surface area (Å²) in [6.45, 7) is 1.49. The summed E-state index contributed by atoms with van der Waals surface area (Å²) in [7, 11) is 3.68. The van der Waals surface area contributed by atoms with E-state index in [4.69, 9.17) is 10.00 Å².